The molecule has 3 aromatic rings. The Morgan fingerprint density at radius 3 is 2.37 bits per heavy atom. The Morgan fingerprint density at radius 1 is 0.926 bits per heavy atom. The molecule has 1 N–H and O–H groups in total. The average Bonchev–Trinajstić information content (AvgIpc) is 2.68. The van der Waals surface area contributed by atoms with Crippen molar-refractivity contribution < 1.29 is 9.47 Å². The Bertz CT molecular complexity index is 907. The van der Waals surface area contributed by atoms with Crippen molar-refractivity contribution in [2.75, 3.05) is 12.4 Å². The lowest BCUT2D eigenvalue weighted by molar-refractivity contribution is 0.281. The third-order valence-corrected chi connectivity index (χ3v) is 5.28. The van der Waals surface area contributed by atoms with Crippen molar-refractivity contribution in [3.63, 3.8) is 0 Å². The van der Waals surface area contributed by atoms with E-state index < -0.39 is 0 Å². The van der Waals surface area contributed by atoms with Gasteiger partial charge in [0.2, 0.25) is 0 Å². The molecule has 0 bridgehead atoms. The van der Waals surface area contributed by atoms with Gasteiger partial charge in [-0.2, -0.15) is 0 Å². The largest absolute Gasteiger partial charge is 0.493 e. The minimum Gasteiger partial charge on any atom is -0.493 e. The van der Waals surface area contributed by atoms with Gasteiger partial charge in [0.05, 0.1) is 7.11 Å². The zero-order chi connectivity index (χ0) is 19.2. The number of halogens is 1. The first-order valence-corrected chi connectivity index (χ1v) is 9.71. The fourth-order valence-electron chi connectivity index (χ4n) is 2.85. The van der Waals surface area contributed by atoms with E-state index >= 15 is 0 Å². The van der Waals surface area contributed by atoms with E-state index in [0.29, 0.717) is 13.2 Å². The lowest BCUT2D eigenvalue weighted by atomic mass is 10.1. The molecule has 140 valence electrons. The van der Waals surface area contributed by atoms with Crippen LogP contribution < -0.4 is 14.8 Å². The summed E-state index contributed by atoms with van der Waals surface area (Å²) in [6.45, 7) is 5.30. The van der Waals surface area contributed by atoms with Gasteiger partial charge in [0.15, 0.2) is 11.5 Å². The number of benzene rings is 3. The Kier molecular flexibility index (Phi) is 6.40. The normalized spacial score (nSPS) is 10.5. The van der Waals surface area contributed by atoms with E-state index in [9.17, 15) is 0 Å². The molecule has 27 heavy (non-hydrogen) atoms. The van der Waals surface area contributed by atoms with Gasteiger partial charge in [0, 0.05) is 22.3 Å². The summed E-state index contributed by atoms with van der Waals surface area (Å²) < 4.78 is 12.8. The molecule has 0 aliphatic rings. The van der Waals surface area contributed by atoms with Crippen molar-refractivity contribution in [3.8, 4) is 11.5 Å². The highest BCUT2D eigenvalue weighted by atomic mass is 79.9. The molecule has 0 aliphatic heterocycles. The minimum absolute atomic E-state index is 0.497. The topological polar surface area (TPSA) is 30.5 Å². The van der Waals surface area contributed by atoms with Crippen LogP contribution in [0.2, 0.25) is 0 Å². The maximum absolute atomic E-state index is 6.22. The number of hydrogen-bond donors (Lipinski definition) is 1. The summed E-state index contributed by atoms with van der Waals surface area (Å²) >= 11 is 3.66. The molecule has 0 fully saturated rings. The zero-order valence-electron chi connectivity index (χ0n) is 15.9. The molecule has 0 unspecified atom stereocenters. The highest BCUT2D eigenvalue weighted by molar-refractivity contribution is 9.10. The van der Waals surface area contributed by atoms with E-state index in [1.54, 1.807) is 7.11 Å². The van der Waals surface area contributed by atoms with Gasteiger partial charge >= 0.3 is 0 Å². The molecule has 3 rings (SSSR count). The molecular formula is C23H24BrNO2. The van der Waals surface area contributed by atoms with Gasteiger partial charge in [-0.05, 0) is 49.2 Å². The van der Waals surface area contributed by atoms with Gasteiger partial charge in [0.25, 0.3) is 0 Å². The molecule has 0 amide bonds. The molecule has 3 nitrogen and oxygen atoms in total. The molecule has 0 radical (unpaired) electrons. The summed E-state index contributed by atoms with van der Waals surface area (Å²) in [7, 11) is 1.67. The average molecular weight is 426 g/mol. The molecule has 0 spiro atoms. The molecule has 0 saturated carbocycles. The predicted octanol–water partition coefficient (Wildman–Crippen LogP) is 6.27. The summed E-state index contributed by atoms with van der Waals surface area (Å²) in [6, 6.07) is 20.5. The first-order valence-electron chi connectivity index (χ1n) is 8.91. The maximum atomic E-state index is 6.22. The summed E-state index contributed by atoms with van der Waals surface area (Å²) in [5, 5.41) is 3.46. The highest BCUT2D eigenvalue weighted by Crippen LogP contribution is 2.37. The quantitative estimate of drug-likeness (QED) is 0.483. The number of aryl methyl sites for hydroxylation is 2. The van der Waals surface area contributed by atoms with Gasteiger partial charge in [-0.15, -0.1) is 0 Å². The maximum Gasteiger partial charge on any atom is 0.167 e. The van der Waals surface area contributed by atoms with E-state index in [0.717, 1.165) is 32.8 Å². The van der Waals surface area contributed by atoms with E-state index in [1.807, 2.05) is 24.3 Å². The van der Waals surface area contributed by atoms with Gasteiger partial charge in [-0.3, -0.25) is 0 Å². The Labute approximate surface area is 169 Å². The van der Waals surface area contributed by atoms with Crippen molar-refractivity contribution in [2.24, 2.45) is 0 Å². The molecule has 0 heterocycles. The fourth-order valence-corrected chi connectivity index (χ4v) is 3.30. The summed E-state index contributed by atoms with van der Waals surface area (Å²) in [5.41, 5.74) is 5.72. The number of hydrogen-bond acceptors (Lipinski definition) is 3. The smallest absolute Gasteiger partial charge is 0.167 e. The number of nitrogens with one attached hydrogen (secondary N) is 1. The number of methoxy groups -OCH3 is 1. The Morgan fingerprint density at radius 2 is 1.67 bits per heavy atom. The van der Waals surface area contributed by atoms with Crippen LogP contribution in [0, 0.1) is 13.8 Å². The second kappa shape index (κ2) is 8.96. The van der Waals surface area contributed by atoms with E-state index in [2.05, 4.69) is 71.5 Å². The van der Waals surface area contributed by atoms with Crippen molar-refractivity contribution in [1.29, 1.82) is 0 Å². The van der Waals surface area contributed by atoms with E-state index in [4.69, 9.17) is 9.47 Å². The second-order valence-corrected chi connectivity index (χ2v) is 7.35. The third-order valence-electron chi connectivity index (χ3n) is 4.54. The van der Waals surface area contributed by atoms with E-state index in [1.165, 1.54) is 11.1 Å². The van der Waals surface area contributed by atoms with Gasteiger partial charge in [-0.25, -0.2) is 0 Å². The first-order chi connectivity index (χ1) is 13.1. The Hall–Kier alpha value is -2.46. The number of rotatable bonds is 7. The SMILES string of the molecule is COc1ccc(Br)c(CNc2ccc(C)cc2)c1OCc1ccccc1C. The van der Waals surface area contributed by atoms with Crippen LogP contribution in [0.1, 0.15) is 22.3 Å². The van der Waals surface area contributed by atoms with Crippen LogP contribution in [0.3, 0.4) is 0 Å². The van der Waals surface area contributed by atoms with Crippen molar-refractivity contribution >= 4 is 21.6 Å². The predicted molar refractivity (Wildman–Crippen MR) is 115 cm³/mol. The van der Waals surface area contributed by atoms with Crippen molar-refractivity contribution in [2.45, 2.75) is 27.0 Å². The molecular weight excluding hydrogens is 402 g/mol. The third kappa shape index (κ3) is 4.83. The summed E-state index contributed by atoms with van der Waals surface area (Å²) in [6.07, 6.45) is 0. The molecule has 0 aromatic heterocycles. The fraction of sp³-hybridized carbons (Fsp3) is 0.217. The molecule has 0 saturated heterocycles. The second-order valence-electron chi connectivity index (χ2n) is 6.49. The molecule has 4 heteroatoms. The van der Waals surface area contributed by atoms with Gasteiger partial charge in [-0.1, -0.05) is 57.9 Å². The minimum atomic E-state index is 0.497. The molecule has 0 atom stereocenters. The van der Waals surface area contributed by atoms with Crippen LogP contribution in [0.25, 0.3) is 0 Å². The van der Waals surface area contributed by atoms with Gasteiger partial charge < -0.3 is 14.8 Å². The summed E-state index contributed by atoms with van der Waals surface area (Å²) in [5.74, 6) is 1.49. The highest BCUT2D eigenvalue weighted by Gasteiger charge is 2.15. The lowest BCUT2D eigenvalue weighted by Gasteiger charge is -2.18. The Balaban J connectivity index is 1.83. The zero-order valence-corrected chi connectivity index (χ0v) is 17.5. The monoisotopic (exact) mass is 425 g/mol. The van der Waals surface area contributed by atoms with Crippen LogP contribution in [0.5, 0.6) is 11.5 Å². The number of anilines is 1. The van der Waals surface area contributed by atoms with Crippen molar-refractivity contribution in [1.82, 2.24) is 0 Å². The van der Waals surface area contributed by atoms with Crippen LogP contribution in [0.4, 0.5) is 5.69 Å². The molecule has 0 aliphatic carbocycles. The standard InChI is InChI=1S/C23H24BrNO2/c1-16-8-10-19(11-9-16)25-14-20-21(24)12-13-22(26-3)23(20)27-15-18-7-5-4-6-17(18)2/h4-13,25H,14-15H2,1-3H3. The molecule has 3 aromatic carbocycles. The van der Waals surface area contributed by atoms with Crippen LogP contribution >= 0.6 is 15.9 Å². The lowest BCUT2D eigenvalue weighted by Crippen LogP contribution is -2.06. The van der Waals surface area contributed by atoms with Crippen LogP contribution in [0.15, 0.2) is 65.1 Å². The van der Waals surface area contributed by atoms with Crippen LogP contribution in [-0.4, -0.2) is 7.11 Å². The van der Waals surface area contributed by atoms with E-state index in [-0.39, 0.29) is 0 Å². The summed E-state index contributed by atoms with van der Waals surface area (Å²) in [4.78, 5) is 0. The van der Waals surface area contributed by atoms with Crippen molar-refractivity contribution in [3.05, 3.63) is 87.4 Å². The number of ether oxygens (including phenoxy) is 2. The van der Waals surface area contributed by atoms with Crippen LogP contribution in [-0.2, 0) is 13.2 Å². The first kappa shape index (κ1) is 19.3. The van der Waals surface area contributed by atoms with Gasteiger partial charge in [0.1, 0.15) is 6.61 Å².